The van der Waals surface area contributed by atoms with E-state index in [2.05, 4.69) is 9.82 Å². The summed E-state index contributed by atoms with van der Waals surface area (Å²) in [6.45, 7) is 3.88. The molecule has 0 fully saturated rings. The third-order valence-corrected chi connectivity index (χ3v) is 3.69. The van der Waals surface area contributed by atoms with E-state index in [0.29, 0.717) is 0 Å². The summed E-state index contributed by atoms with van der Waals surface area (Å²) in [6.07, 6.45) is 2.92. The van der Waals surface area contributed by atoms with E-state index in [9.17, 15) is 13.2 Å². The lowest BCUT2D eigenvalue weighted by molar-refractivity contribution is -0.137. The summed E-state index contributed by atoms with van der Waals surface area (Å²) in [4.78, 5) is 10.4. The summed E-state index contributed by atoms with van der Waals surface area (Å²) in [5.74, 6) is -0.943. The van der Waals surface area contributed by atoms with E-state index >= 15 is 0 Å². The maximum Gasteiger partial charge on any atom is 0.303 e. The molecule has 1 rings (SSSR count). The molecule has 0 bridgehead atoms. The molecule has 8 heteroatoms. The number of carbonyl (C=O) groups is 1. The number of rotatable bonds is 7. The van der Waals surface area contributed by atoms with Gasteiger partial charge in [0.25, 0.3) is 0 Å². The van der Waals surface area contributed by atoms with E-state index < -0.39 is 16.0 Å². The zero-order valence-electron chi connectivity index (χ0n) is 10.3. The predicted octanol–water partition coefficient (Wildman–Crippen LogP) is 0.607. The van der Waals surface area contributed by atoms with Crippen LogP contribution in [-0.2, 0) is 14.8 Å². The van der Waals surface area contributed by atoms with Gasteiger partial charge in [0.15, 0.2) is 0 Å². The number of carboxylic acids is 1. The Morgan fingerprint density at radius 2 is 2.22 bits per heavy atom. The fourth-order valence-corrected chi connectivity index (χ4v) is 2.28. The standard InChI is InChI=1S/C10H17N3O4S/c1-8(2)13-7-9(6-11-13)18(16,17)12-5-3-4-10(14)15/h6-8,12H,3-5H2,1-2H3,(H,14,15). The summed E-state index contributed by atoms with van der Waals surface area (Å²) in [6, 6.07) is 0.0842. The van der Waals surface area contributed by atoms with Gasteiger partial charge in [-0.15, -0.1) is 0 Å². The van der Waals surface area contributed by atoms with Crippen LogP contribution in [0.3, 0.4) is 0 Å². The highest BCUT2D eigenvalue weighted by atomic mass is 32.2. The van der Waals surface area contributed by atoms with Crippen molar-refractivity contribution in [2.24, 2.45) is 0 Å². The molecule has 1 aromatic heterocycles. The van der Waals surface area contributed by atoms with Crippen molar-refractivity contribution in [1.29, 1.82) is 0 Å². The van der Waals surface area contributed by atoms with Crippen LogP contribution in [0.1, 0.15) is 32.7 Å². The van der Waals surface area contributed by atoms with Gasteiger partial charge in [0.2, 0.25) is 10.0 Å². The minimum absolute atomic E-state index is 0.0617. The number of nitrogens with one attached hydrogen (secondary N) is 1. The third kappa shape index (κ3) is 4.11. The molecule has 18 heavy (non-hydrogen) atoms. The molecule has 0 saturated heterocycles. The monoisotopic (exact) mass is 275 g/mol. The van der Waals surface area contributed by atoms with Gasteiger partial charge in [-0.05, 0) is 20.3 Å². The van der Waals surface area contributed by atoms with Crippen molar-refractivity contribution in [2.75, 3.05) is 6.54 Å². The third-order valence-electron chi connectivity index (χ3n) is 2.28. The highest BCUT2D eigenvalue weighted by Gasteiger charge is 2.16. The minimum Gasteiger partial charge on any atom is -0.481 e. The van der Waals surface area contributed by atoms with Crippen molar-refractivity contribution in [3.8, 4) is 0 Å². The molecule has 0 radical (unpaired) electrons. The maximum absolute atomic E-state index is 11.8. The van der Waals surface area contributed by atoms with Crippen molar-refractivity contribution in [1.82, 2.24) is 14.5 Å². The van der Waals surface area contributed by atoms with Crippen LogP contribution >= 0.6 is 0 Å². The molecule has 0 saturated carbocycles. The summed E-state index contributed by atoms with van der Waals surface area (Å²) in [5, 5.41) is 12.4. The molecule has 0 aliphatic carbocycles. The number of sulfonamides is 1. The van der Waals surface area contributed by atoms with E-state index in [1.54, 1.807) is 4.68 Å². The van der Waals surface area contributed by atoms with Crippen LogP contribution in [-0.4, -0.2) is 35.8 Å². The highest BCUT2D eigenvalue weighted by molar-refractivity contribution is 7.89. The average Bonchev–Trinajstić information content (AvgIpc) is 2.74. The van der Waals surface area contributed by atoms with Crippen LogP contribution in [0, 0.1) is 0 Å². The maximum atomic E-state index is 11.8. The largest absolute Gasteiger partial charge is 0.481 e. The van der Waals surface area contributed by atoms with Crippen LogP contribution in [0.4, 0.5) is 0 Å². The first kappa shape index (κ1) is 14.7. The quantitative estimate of drug-likeness (QED) is 0.710. The van der Waals surface area contributed by atoms with Crippen LogP contribution in [0.25, 0.3) is 0 Å². The van der Waals surface area contributed by atoms with Gasteiger partial charge in [-0.25, -0.2) is 13.1 Å². The fourth-order valence-electron chi connectivity index (χ4n) is 1.27. The van der Waals surface area contributed by atoms with E-state index in [4.69, 9.17) is 5.11 Å². The lowest BCUT2D eigenvalue weighted by Crippen LogP contribution is -2.25. The fraction of sp³-hybridized carbons (Fsp3) is 0.600. The van der Waals surface area contributed by atoms with Crippen molar-refractivity contribution in [3.05, 3.63) is 12.4 Å². The molecule has 0 unspecified atom stereocenters. The second-order valence-corrected chi connectivity index (χ2v) is 5.91. The Morgan fingerprint density at radius 1 is 1.56 bits per heavy atom. The molecule has 0 aliphatic heterocycles. The first-order valence-electron chi connectivity index (χ1n) is 5.58. The summed E-state index contributed by atoms with van der Waals surface area (Å²) >= 11 is 0. The summed E-state index contributed by atoms with van der Waals surface area (Å²) in [5.41, 5.74) is 0. The Morgan fingerprint density at radius 3 is 2.72 bits per heavy atom. The Hall–Kier alpha value is -1.41. The van der Waals surface area contributed by atoms with Crippen molar-refractivity contribution >= 4 is 16.0 Å². The second kappa shape index (κ2) is 5.96. The molecule has 1 aromatic rings. The summed E-state index contributed by atoms with van der Waals surface area (Å²) < 4.78 is 27.5. The minimum atomic E-state index is -3.60. The molecule has 0 atom stereocenters. The average molecular weight is 275 g/mol. The SMILES string of the molecule is CC(C)n1cc(S(=O)(=O)NCCCC(=O)O)cn1. The van der Waals surface area contributed by atoms with Gasteiger partial charge in [0, 0.05) is 25.2 Å². The van der Waals surface area contributed by atoms with Gasteiger partial charge in [-0.2, -0.15) is 5.10 Å². The molecule has 0 amide bonds. The molecule has 0 aromatic carbocycles. The zero-order chi connectivity index (χ0) is 13.8. The Bertz CT molecular complexity index is 507. The van der Waals surface area contributed by atoms with Crippen LogP contribution in [0.2, 0.25) is 0 Å². The molecule has 1 heterocycles. The predicted molar refractivity (Wildman–Crippen MR) is 64.7 cm³/mol. The van der Waals surface area contributed by atoms with Crippen LogP contribution in [0.15, 0.2) is 17.3 Å². The molecular weight excluding hydrogens is 258 g/mol. The molecule has 7 nitrogen and oxygen atoms in total. The van der Waals surface area contributed by atoms with Gasteiger partial charge in [-0.3, -0.25) is 9.48 Å². The Balaban J connectivity index is 2.60. The van der Waals surface area contributed by atoms with Gasteiger partial charge in [-0.1, -0.05) is 0 Å². The highest BCUT2D eigenvalue weighted by Crippen LogP contribution is 2.10. The number of hydrogen-bond donors (Lipinski definition) is 2. The van der Waals surface area contributed by atoms with Crippen molar-refractivity contribution < 1.29 is 18.3 Å². The normalized spacial score (nSPS) is 11.9. The van der Waals surface area contributed by atoms with Gasteiger partial charge in [0.05, 0.1) is 6.20 Å². The van der Waals surface area contributed by atoms with E-state index in [1.807, 2.05) is 13.8 Å². The van der Waals surface area contributed by atoms with Crippen LogP contribution < -0.4 is 4.72 Å². The van der Waals surface area contributed by atoms with Gasteiger partial charge in [0.1, 0.15) is 4.90 Å². The first-order valence-corrected chi connectivity index (χ1v) is 7.07. The van der Waals surface area contributed by atoms with E-state index in [0.717, 1.165) is 0 Å². The van der Waals surface area contributed by atoms with E-state index in [-0.39, 0.29) is 30.3 Å². The van der Waals surface area contributed by atoms with Crippen molar-refractivity contribution in [3.63, 3.8) is 0 Å². The number of aromatic nitrogens is 2. The lowest BCUT2D eigenvalue weighted by Gasteiger charge is -2.04. The first-order chi connectivity index (χ1) is 8.33. The number of nitrogens with zero attached hydrogens (tertiary/aromatic N) is 2. The van der Waals surface area contributed by atoms with Crippen molar-refractivity contribution in [2.45, 2.75) is 37.6 Å². The lowest BCUT2D eigenvalue weighted by atomic mass is 10.3. The second-order valence-electron chi connectivity index (χ2n) is 4.14. The zero-order valence-corrected chi connectivity index (χ0v) is 11.1. The van der Waals surface area contributed by atoms with E-state index in [1.165, 1.54) is 12.4 Å². The number of aliphatic carboxylic acids is 1. The topological polar surface area (TPSA) is 101 Å². The Labute approximate surface area is 106 Å². The molecule has 0 spiro atoms. The Kier molecular flexibility index (Phi) is 4.85. The molecule has 102 valence electrons. The van der Waals surface area contributed by atoms with Crippen LogP contribution in [0.5, 0.6) is 0 Å². The number of carboxylic acid groups (broad SMARTS) is 1. The molecular formula is C10H17N3O4S. The molecule has 2 N–H and O–H groups in total. The summed E-state index contributed by atoms with van der Waals surface area (Å²) in [7, 11) is -3.60. The van der Waals surface area contributed by atoms with Gasteiger partial charge < -0.3 is 5.11 Å². The van der Waals surface area contributed by atoms with Gasteiger partial charge >= 0.3 is 5.97 Å². The number of hydrogen-bond acceptors (Lipinski definition) is 4. The molecule has 0 aliphatic rings. The smallest absolute Gasteiger partial charge is 0.303 e.